The Labute approximate surface area is 111 Å². The molecule has 0 unspecified atom stereocenters. The molecular weight excluding hydrogens is 242 g/mol. The molecule has 19 heavy (non-hydrogen) atoms. The average molecular weight is 259 g/mol. The van der Waals surface area contributed by atoms with E-state index in [-0.39, 0.29) is 17.9 Å². The maximum absolute atomic E-state index is 12.0. The lowest BCUT2D eigenvalue weighted by molar-refractivity contribution is -0.140. The van der Waals surface area contributed by atoms with Gasteiger partial charge in [-0.1, -0.05) is 24.3 Å². The van der Waals surface area contributed by atoms with Gasteiger partial charge in [0.25, 0.3) is 0 Å². The van der Waals surface area contributed by atoms with E-state index < -0.39 is 11.9 Å². The highest BCUT2D eigenvalue weighted by Gasteiger charge is 2.48. The molecule has 100 valence electrons. The van der Waals surface area contributed by atoms with E-state index in [1.165, 1.54) is 11.1 Å². The molecule has 2 N–H and O–H groups in total. The van der Waals surface area contributed by atoms with Crippen LogP contribution < -0.4 is 5.32 Å². The SMILES string of the molecule is O=C(O)[C@@H]1C[C@H]1C(=O)N[C@@H]1CCCc2ccccc21. The lowest BCUT2D eigenvalue weighted by atomic mass is 9.87. The molecule has 1 aromatic rings. The Morgan fingerprint density at radius 3 is 2.74 bits per heavy atom. The number of aryl methyl sites for hydroxylation is 1. The summed E-state index contributed by atoms with van der Waals surface area (Å²) in [6, 6.07) is 8.21. The van der Waals surface area contributed by atoms with Crippen LogP contribution >= 0.6 is 0 Å². The second kappa shape index (κ2) is 4.68. The first-order valence-corrected chi connectivity index (χ1v) is 6.78. The second-order valence-electron chi connectivity index (χ2n) is 5.44. The number of fused-ring (bicyclic) bond motifs is 1. The first kappa shape index (κ1) is 12.2. The highest BCUT2D eigenvalue weighted by atomic mass is 16.4. The highest BCUT2D eigenvalue weighted by molar-refractivity contribution is 5.89. The third-order valence-corrected chi connectivity index (χ3v) is 4.13. The molecule has 0 bridgehead atoms. The van der Waals surface area contributed by atoms with Crippen molar-refractivity contribution in [2.45, 2.75) is 31.7 Å². The van der Waals surface area contributed by atoms with Crippen LogP contribution in [0.2, 0.25) is 0 Å². The smallest absolute Gasteiger partial charge is 0.307 e. The first-order valence-electron chi connectivity index (χ1n) is 6.78. The van der Waals surface area contributed by atoms with Gasteiger partial charge in [-0.05, 0) is 36.8 Å². The molecule has 0 saturated heterocycles. The van der Waals surface area contributed by atoms with Crippen molar-refractivity contribution < 1.29 is 14.7 Å². The van der Waals surface area contributed by atoms with Crippen molar-refractivity contribution >= 4 is 11.9 Å². The summed E-state index contributed by atoms with van der Waals surface area (Å²) in [7, 11) is 0. The predicted molar refractivity (Wildman–Crippen MR) is 69.5 cm³/mol. The van der Waals surface area contributed by atoms with Crippen molar-refractivity contribution in [3.63, 3.8) is 0 Å². The largest absolute Gasteiger partial charge is 0.481 e. The zero-order valence-corrected chi connectivity index (χ0v) is 10.6. The Morgan fingerprint density at radius 2 is 2.00 bits per heavy atom. The van der Waals surface area contributed by atoms with Crippen LogP contribution in [-0.2, 0) is 16.0 Å². The fraction of sp³-hybridized carbons (Fsp3) is 0.467. The molecule has 4 heteroatoms. The normalized spacial score (nSPS) is 28.3. The minimum Gasteiger partial charge on any atom is -0.481 e. The second-order valence-corrected chi connectivity index (χ2v) is 5.44. The molecule has 1 amide bonds. The monoisotopic (exact) mass is 259 g/mol. The summed E-state index contributed by atoms with van der Waals surface area (Å²) >= 11 is 0. The van der Waals surface area contributed by atoms with Gasteiger partial charge in [-0.2, -0.15) is 0 Å². The predicted octanol–water partition coefficient (Wildman–Crippen LogP) is 1.90. The highest BCUT2D eigenvalue weighted by Crippen LogP contribution is 2.40. The third kappa shape index (κ3) is 2.35. The van der Waals surface area contributed by atoms with Gasteiger partial charge < -0.3 is 10.4 Å². The van der Waals surface area contributed by atoms with Crippen LogP contribution in [0.5, 0.6) is 0 Å². The van der Waals surface area contributed by atoms with E-state index in [1.54, 1.807) is 0 Å². The Hall–Kier alpha value is -1.84. The van der Waals surface area contributed by atoms with Crippen LogP contribution in [0.3, 0.4) is 0 Å². The van der Waals surface area contributed by atoms with Crippen LogP contribution in [0, 0.1) is 11.8 Å². The van der Waals surface area contributed by atoms with E-state index in [1.807, 2.05) is 12.1 Å². The summed E-state index contributed by atoms with van der Waals surface area (Å²) in [5.74, 6) is -1.76. The van der Waals surface area contributed by atoms with Gasteiger partial charge in [-0.15, -0.1) is 0 Å². The Bertz CT molecular complexity index is 526. The number of aliphatic carboxylic acids is 1. The average Bonchev–Trinajstić information content (AvgIpc) is 3.19. The number of hydrogen-bond acceptors (Lipinski definition) is 2. The van der Waals surface area contributed by atoms with E-state index >= 15 is 0 Å². The number of hydrogen-bond donors (Lipinski definition) is 2. The fourth-order valence-electron chi connectivity index (χ4n) is 2.94. The minimum absolute atomic E-state index is 0.0486. The maximum atomic E-state index is 12.0. The van der Waals surface area contributed by atoms with Gasteiger partial charge in [0, 0.05) is 0 Å². The summed E-state index contributed by atoms with van der Waals surface area (Å²) in [6.45, 7) is 0. The van der Waals surface area contributed by atoms with Crippen LogP contribution in [0.1, 0.15) is 36.4 Å². The molecule has 1 saturated carbocycles. The van der Waals surface area contributed by atoms with Gasteiger partial charge >= 0.3 is 5.97 Å². The van der Waals surface area contributed by atoms with Crippen LogP contribution in [0.15, 0.2) is 24.3 Å². The summed E-state index contributed by atoms with van der Waals surface area (Å²) in [4.78, 5) is 22.8. The van der Waals surface area contributed by atoms with Crippen molar-refractivity contribution in [2.24, 2.45) is 11.8 Å². The number of carboxylic acids is 1. The summed E-state index contributed by atoms with van der Waals surface area (Å²) in [5.41, 5.74) is 2.49. The molecule has 2 aliphatic rings. The van der Waals surface area contributed by atoms with Crippen molar-refractivity contribution in [1.82, 2.24) is 5.32 Å². The molecule has 0 aliphatic heterocycles. The summed E-state index contributed by atoms with van der Waals surface area (Å²) < 4.78 is 0. The summed E-state index contributed by atoms with van der Waals surface area (Å²) in [6.07, 6.45) is 3.54. The van der Waals surface area contributed by atoms with Gasteiger partial charge in [0.15, 0.2) is 0 Å². The molecular formula is C15H17NO3. The molecule has 4 nitrogen and oxygen atoms in total. The molecule has 2 aliphatic carbocycles. The standard InChI is InChI=1S/C15H17NO3/c17-14(11-8-12(11)15(18)19)16-13-7-3-5-9-4-1-2-6-10(9)13/h1-2,4,6,11-13H,3,5,7-8H2,(H,16,17)(H,18,19)/t11-,12-,13-/m1/s1. The molecule has 1 aromatic carbocycles. The molecule has 0 aromatic heterocycles. The van der Waals surface area contributed by atoms with Gasteiger partial charge in [0.05, 0.1) is 17.9 Å². The quantitative estimate of drug-likeness (QED) is 0.871. The van der Waals surface area contributed by atoms with Crippen LogP contribution in [-0.4, -0.2) is 17.0 Å². The Balaban J connectivity index is 1.68. The Kier molecular flexibility index (Phi) is 3.01. The number of nitrogens with one attached hydrogen (secondary N) is 1. The number of carbonyl (C=O) groups excluding carboxylic acids is 1. The third-order valence-electron chi connectivity index (χ3n) is 4.13. The molecule has 0 spiro atoms. The number of amides is 1. The molecule has 3 rings (SSSR count). The van der Waals surface area contributed by atoms with Gasteiger partial charge in [0.2, 0.25) is 5.91 Å². The Morgan fingerprint density at radius 1 is 1.21 bits per heavy atom. The number of benzene rings is 1. The van der Waals surface area contributed by atoms with E-state index in [4.69, 9.17) is 5.11 Å². The van der Waals surface area contributed by atoms with E-state index in [9.17, 15) is 9.59 Å². The molecule has 0 heterocycles. The van der Waals surface area contributed by atoms with Crippen molar-refractivity contribution in [3.05, 3.63) is 35.4 Å². The van der Waals surface area contributed by atoms with Crippen molar-refractivity contribution in [2.75, 3.05) is 0 Å². The van der Waals surface area contributed by atoms with Crippen LogP contribution in [0.25, 0.3) is 0 Å². The lowest BCUT2D eigenvalue weighted by Crippen LogP contribution is -2.32. The number of carbonyl (C=O) groups is 2. The first-order chi connectivity index (χ1) is 9.16. The van der Waals surface area contributed by atoms with Gasteiger partial charge in [-0.25, -0.2) is 0 Å². The van der Waals surface area contributed by atoms with Crippen LogP contribution in [0.4, 0.5) is 0 Å². The van der Waals surface area contributed by atoms with Crippen molar-refractivity contribution in [3.8, 4) is 0 Å². The zero-order valence-electron chi connectivity index (χ0n) is 10.6. The maximum Gasteiger partial charge on any atom is 0.307 e. The molecule has 0 radical (unpaired) electrons. The summed E-state index contributed by atoms with van der Waals surface area (Å²) in [5, 5.41) is 11.9. The van der Waals surface area contributed by atoms with E-state index in [0.29, 0.717) is 6.42 Å². The number of carboxylic acid groups (broad SMARTS) is 1. The van der Waals surface area contributed by atoms with E-state index in [2.05, 4.69) is 17.4 Å². The topological polar surface area (TPSA) is 66.4 Å². The van der Waals surface area contributed by atoms with Gasteiger partial charge in [-0.3, -0.25) is 9.59 Å². The number of rotatable bonds is 3. The minimum atomic E-state index is -0.857. The van der Waals surface area contributed by atoms with Crippen molar-refractivity contribution in [1.29, 1.82) is 0 Å². The lowest BCUT2D eigenvalue weighted by Gasteiger charge is -2.26. The van der Waals surface area contributed by atoms with Gasteiger partial charge in [0.1, 0.15) is 0 Å². The molecule has 3 atom stereocenters. The van der Waals surface area contributed by atoms with E-state index in [0.717, 1.165) is 19.3 Å². The molecule has 1 fully saturated rings. The fourth-order valence-corrected chi connectivity index (χ4v) is 2.94. The zero-order chi connectivity index (χ0) is 13.4.